The number of amides is 2. The number of benzene rings is 2. The summed E-state index contributed by atoms with van der Waals surface area (Å²) < 4.78 is 37.7. The Morgan fingerprint density at radius 3 is 2.33 bits per heavy atom. The first-order valence-electron chi connectivity index (χ1n) is 11.7. The fraction of sp³-hybridized carbons (Fsp3) is 0.440. The quantitative estimate of drug-likeness (QED) is 0.498. The molecule has 1 saturated heterocycles. The summed E-state index contributed by atoms with van der Waals surface area (Å²) in [7, 11) is 2.64. The molecule has 0 unspecified atom stereocenters. The number of nitrogens with one attached hydrogen (secondary N) is 2. The Hall–Kier alpha value is -3.15. The highest BCUT2D eigenvalue weighted by Gasteiger charge is 2.32. The zero-order valence-electron chi connectivity index (χ0n) is 21.1. The highest BCUT2D eigenvalue weighted by atomic mass is 32.2. The van der Waals surface area contributed by atoms with Crippen LogP contribution in [0.2, 0.25) is 0 Å². The lowest BCUT2D eigenvalue weighted by Crippen LogP contribution is -2.46. The van der Waals surface area contributed by atoms with Gasteiger partial charge in [-0.3, -0.25) is 9.59 Å². The lowest BCUT2D eigenvalue weighted by atomic mass is 9.97. The Kier molecular flexibility index (Phi) is 9.30. The van der Waals surface area contributed by atoms with Crippen LogP contribution in [0.5, 0.6) is 11.5 Å². The molecule has 2 amide bonds. The molecule has 0 aliphatic carbocycles. The average molecular weight is 519 g/mol. The maximum atomic E-state index is 12.9. The third-order valence-electron chi connectivity index (χ3n) is 6.19. The minimum absolute atomic E-state index is 0.220. The first-order chi connectivity index (χ1) is 17.2. The number of hydrogen-bond acceptors (Lipinski definition) is 6. The third kappa shape index (κ3) is 6.54. The Morgan fingerprint density at radius 2 is 1.69 bits per heavy atom. The van der Waals surface area contributed by atoms with Crippen molar-refractivity contribution in [3.8, 4) is 11.5 Å². The van der Waals surface area contributed by atoms with Crippen molar-refractivity contribution >= 4 is 27.7 Å². The van der Waals surface area contributed by atoms with E-state index >= 15 is 0 Å². The zero-order valence-corrected chi connectivity index (χ0v) is 21.9. The monoisotopic (exact) mass is 518 g/mol. The van der Waals surface area contributed by atoms with E-state index in [2.05, 4.69) is 10.6 Å². The van der Waals surface area contributed by atoms with E-state index in [9.17, 15) is 18.0 Å². The van der Waals surface area contributed by atoms with E-state index in [1.54, 1.807) is 38.5 Å². The molecule has 0 atom stereocenters. The van der Waals surface area contributed by atoms with E-state index in [1.165, 1.54) is 22.7 Å². The van der Waals surface area contributed by atoms with Gasteiger partial charge in [0.2, 0.25) is 5.91 Å². The summed E-state index contributed by atoms with van der Waals surface area (Å²) in [6.07, 6.45) is 1.42. The number of rotatable bonds is 10. The van der Waals surface area contributed by atoms with Crippen molar-refractivity contribution in [2.45, 2.75) is 19.3 Å². The molecule has 0 saturated carbocycles. The molecule has 0 aromatic heterocycles. The molecule has 196 valence electrons. The molecule has 2 aromatic carbocycles. The van der Waals surface area contributed by atoms with Crippen LogP contribution in [0, 0.1) is 5.92 Å². The van der Waals surface area contributed by atoms with Crippen LogP contribution in [-0.4, -0.2) is 76.8 Å². The molecule has 1 fully saturated rings. The number of nitrogens with zero attached hydrogens (tertiary/aromatic N) is 2. The molecule has 0 bridgehead atoms. The highest BCUT2D eigenvalue weighted by Crippen LogP contribution is 2.28. The van der Waals surface area contributed by atoms with Crippen molar-refractivity contribution in [1.29, 1.82) is 0 Å². The van der Waals surface area contributed by atoms with E-state index in [4.69, 9.17) is 9.47 Å². The van der Waals surface area contributed by atoms with E-state index in [0.29, 0.717) is 48.6 Å². The van der Waals surface area contributed by atoms with Crippen LogP contribution in [-0.2, 0) is 21.4 Å². The number of carbonyl (C=O) groups is 2. The van der Waals surface area contributed by atoms with Crippen molar-refractivity contribution in [3.05, 3.63) is 53.6 Å². The summed E-state index contributed by atoms with van der Waals surface area (Å²) in [6, 6.07) is 12.4. The van der Waals surface area contributed by atoms with Crippen molar-refractivity contribution in [2.75, 3.05) is 53.3 Å². The minimum Gasteiger partial charge on any atom is -0.493 e. The summed E-state index contributed by atoms with van der Waals surface area (Å²) >= 11 is 0. The zero-order chi connectivity index (χ0) is 26.3. The van der Waals surface area contributed by atoms with Gasteiger partial charge >= 0.3 is 0 Å². The Balaban J connectivity index is 1.57. The number of carbonyl (C=O) groups excluding carboxylic acids is 2. The van der Waals surface area contributed by atoms with Crippen LogP contribution < -0.4 is 20.1 Å². The Morgan fingerprint density at radius 1 is 1.03 bits per heavy atom. The summed E-state index contributed by atoms with van der Waals surface area (Å²) in [4.78, 5) is 25.8. The number of ether oxygens (including phenoxy) is 2. The predicted molar refractivity (Wildman–Crippen MR) is 138 cm³/mol. The van der Waals surface area contributed by atoms with Gasteiger partial charge < -0.3 is 20.1 Å². The fourth-order valence-corrected chi connectivity index (χ4v) is 5.19. The minimum atomic E-state index is -3.49. The second-order valence-electron chi connectivity index (χ2n) is 8.69. The van der Waals surface area contributed by atoms with E-state index in [0.717, 1.165) is 5.56 Å². The molecular weight excluding hydrogens is 484 g/mol. The van der Waals surface area contributed by atoms with Gasteiger partial charge in [0.25, 0.3) is 16.1 Å². The fourth-order valence-electron chi connectivity index (χ4n) is 4.06. The standard InChI is InChI=1S/C25H34N4O6S/c1-28(2)36(32,33)29-15-12-19(13-16-29)24(30)27-21-8-6-5-7-20(21)25(31)26-14-11-18-9-10-22(34-3)23(17-18)35-4/h5-10,17,19H,11-16H2,1-4H3,(H,26,31)(H,27,30). The number of hydrogen-bond donors (Lipinski definition) is 2. The molecule has 10 nitrogen and oxygen atoms in total. The summed E-state index contributed by atoms with van der Waals surface area (Å²) in [5.74, 6) is 0.417. The Bertz CT molecular complexity index is 1180. The van der Waals surface area contributed by atoms with Crippen LogP contribution in [0.25, 0.3) is 0 Å². The van der Waals surface area contributed by atoms with Crippen molar-refractivity contribution in [3.63, 3.8) is 0 Å². The maximum Gasteiger partial charge on any atom is 0.281 e. The number of para-hydroxylation sites is 1. The lowest BCUT2D eigenvalue weighted by Gasteiger charge is -2.32. The van der Waals surface area contributed by atoms with Crippen molar-refractivity contribution in [2.24, 2.45) is 5.92 Å². The molecule has 11 heteroatoms. The maximum absolute atomic E-state index is 12.9. The summed E-state index contributed by atoms with van der Waals surface area (Å²) in [5.41, 5.74) is 1.78. The number of methoxy groups -OCH3 is 2. The van der Waals surface area contributed by atoms with Gasteiger partial charge in [-0.1, -0.05) is 18.2 Å². The number of piperidine rings is 1. The van der Waals surface area contributed by atoms with Crippen LogP contribution in [0.4, 0.5) is 5.69 Å². The molecule has 1 aliphatic rings. The summed E-state index contributed by atoms with van der Waals surface area (Å²) in [5, 5.41) is 5.76. The lowest BCUT2D eigenvalue weighted by molar-refractivity contribution is -0.120. The predicted octanol–water partition coefficient (Wildman–Crippen LogP) is 2.13. The average Bonchev–Trinajstić information content (AvgIpc) is 2.88. The van der Waals surface area contributed by atoms with Crippen LogP contribution >= 0.6 is 0 Å². The highest BCUT2D eigenvalue weighted by molar-refractivity contribution is 7.86. The first kappa shape index (κ1) is 27.4. The van der Waals surface area contributed by atoms with Gasteiger partial charge in [0, 0.05) is 39.6 Å². The molecule has 0 spiro atoms. The van der Waals surface area contributed by atoms with Crippen LogP contribution in [0.15, 0.2) is 42.5 Å². The van der Waals surface area contributed by atoms with E-state index in [-0.39, 0.29) is 30.8 Å². The molecule has 3 rings (SSSR count). The largest absolute Gasteiger partial charge is 0.493 e. The van der Waals surface area contributed by atoms with Crippen molar-refractivity contribution in [1.82, 2.24) is 13.9 Å². The SMILES string of the molecule is COc1ccc(CCNC(=O)c2ccccc2NC(=O)C2CCN(S(=O)(=O)N(C)C)CC2)cc1OC. The Labute approximate surface area is 212 Å². The first-order valence-corrected chi connectivity index (χ1v) is 13.1. The van der Waals surface area contributed by atoms with Gasteiger partial charge in [-0.25, -0.2) is 0 Å². The molecule has 36 heavy (non-hydrogen) atoms. The van der Waals surface area contributed by atoms with Gasteiger partial charge in [0.15, 0.2) is 11.5 Å². The third-order valence-corrected chi connectivity index (χ3v) is 8.13. The second-order valence-corrected chi connectivity index (χ2v) is 10.8. The molecule has 1 aliphatic heterocycles. The molecule has 1 heterocycles. The van der Waals surface area contributed by atoms with Crippen LogP contribution in [0.1, 0.15) is 28.8 Å². The van der Waals surface area contributed by atoms with Crippen LogP contribution in [0.3, 0.4) is 0 Å². The molecule has 2 N–H and O–H groups in total. The van der Waals surface area contributed by atoms with Crippen molar-refractivity contribution < 1.29 is 27.5 Å². The second kappa shape index (κ2) is 12.2. The van der Waals surface area contributed by atoms with Gasteiger partial charge in [0.1, 0.15) is 0 Å². The van der Waals surface area contributed by atoms with E-state index < -0.39 is 10.2 Å². The normalized spacial score (nSPS) is 14.9. The molecule has 0 radical (unpaired) electrons. The topological polar surface area (TPSA) is 117 Å². The van der Waals surface area contributed by atoms with Gasteiger partial charge in [-0.15, -0.1) is 0 Å². The van der Waals surface area contributed by atoms with Gasteiger partial charge in [0.05, 0.1) is 25.5 Å². The summed E-state index contributed by atoms with van der Waals surface area (Å²) in [6.45, 7) is 0.948. The van der Waals surface area contributed by atoms with Gasteiger partial charge in [-0.05, 0) is 49.1 Å². The smallest absolute Gasteiger partial charge is 0.281 e. The van der Waals surface area contributed by atoms with Gasteiger partial charge in [-0.2, -0.15) is 17.0 Å². The molecular formula is C25H34N4O6S. The number of anilines is 1. The molecule has 2 aromatic rings. The van der Waals surface area contributed by atoms with E-state index in [1.807, 2.05) is 18.2 Å².